The molecule has 0 bridgehead atoms. The van der Waals surface area contributed by atoms with Crippen molar-refractivity contribution < 1.29 is 43.2 Å². The fourth-order valence-corrected chi connectivity index (χ4v) is 5.46. The number of carbonyl (C=O) groups is 4. The molecule has 57 heavy (non-hydrogen) atoms. The predicted molar refractivity (Wildman–Crippen MR) is 225 cm³/mol. The Bertz CT molecular complexity index is 923. The Labute approximate surface area is 346 Å². The molecule has 0 saturated carbocycles. The molecule has 0 heterocycles. The maximum absolute atomic E-state index is 12.4. The Morgan fingerprint density at radius 3 is 0.807 bits per heavy atom. The summed E-state index contributed by atoms with van der Waals surface area (Å²) in [5, 5.41) is 9.31. The summed E-state index contributed by atoms with van der Waals surface area (Å²) < 4.78 is 21.6. The molecule has 0 aromatic heterocycles. The number of rotatable bonds is 39. The Balaban J connectivity index is 4.11. The Morgan fingerprint density at radius 1 is 0.333 bits per heavy atom. The second kappa shape index (κ2) is 36.6. The minimum atomic E-state index is -0.307. The summed E-state index contributed by atoms with van der Waals surface area (Å²) >= 11 is 0. The average molecular weight is 818 g/mol. The van der Waals surface area contributed by atoms with Crippen LogP contribution in [0.15, 0.2) is 0 Å². The Morgan fingerprint density at radius 2 is 0.579 bits per heavy atom. The van der Waals surface area contributed by atoms with Crippen LogP contribution >= 0.6 is 0 Å². The van der Waals surface area contributed by atoms with E-state index in [0.29, 0.717) is 104 Å². The molecule has 16 heteroatoms. The van der Waals surface area contributed by atoms with Crippen LogP contribution in [-0.2, 0) is 38.1 Å². The van der Waals surface area contributed by atoms with E-state index in [1.165, 1.54) is 0 Å². The summed E-state index contributed by atoms with van der Waals surface area (Å²) in [4.78, 5) is 64.4. The average Bonchev–Trinajstić information content (AvgIpc) is 3.15. The van der Waals surface area contributed by atoms with Gasteiger partial charge in [0, 0.05) is 91.7 Å². The van der Waals surface area contributed by atoms with Gasteiger partial charge < -0.3 is 58.4 Å². The number of ether oxygens (including phenoxy) is 4. The molecule has 0 unspecified atom stereocenters. The molecule has 0 fully saturated rings. The first-order valence-corrected chi connectivity index (χ1v) is 21.2. The van der Waals surface area contributed by atoms with E-state index in [2.05, 4.69) is 29.4 Å². The van der Waals surface area contributed by atoms with Crippen LogP contribution in [0.1, 0.15) is 70.6 Å². The van der Waals surface area contributed by atoms with Gasteiger partial charge in [-0.1, -0.05) is 0 Å². The van der Waals surface area contributed by atoms with Crippen molar-refractivity contribution in [2.75, 3.05) is 174 Å². The zero-order valence-corrected chi connectivity index (χ0v) is 37.3. The van der Waals surface area contributed by atoms with Crippen molar-refractivity contribution in [2.24, 2.45) is 0 Å². The molecule has 0 rings (SSSR count). The van der Waals surface area contributed by atoms with Gasteiger partial charge in [0.1, 0.15) is 0 Å². The topological polar surface area (TPSA) is 148 Å². The largest absolute Gasteiger partial charge is 0.466 e. The van der Waals surface area contributed by atoms with Crippen LogP contribution in [-0.4, -0.2) is 238 Å². The number of unbranched alkanes of at least 4 members (excludes halogenated alkanes) is 4. The first-order valence-electron chi connectivity index (χ1n) is 21.2. The highest BCUT2D eigenvalue weighted by Crippen LogP contribution is 2.05. The van der Waals surface area contributed by atoms with Crippen LogP contribution in [0.2, 0.25) is 0 Å². The third-order valence-electron chi connectivity index (χ3n) is 9.24. The number of nitrogens with zero attached hydrogens (tertiary/aromatic N) is 7. The minimum Gasteiger partial charge on any atom is -0.466 e. The summed E-state index contributed by atoms with van der Waals surface area (Å²) in [6.07, 6.45) is 6.01. The van der Waals surface area contributed by atoms with Crippen molar-refractivity contribution in [2.45, 2.75) is 70.6 Å². The molecule has 0 amide bonds. The zero-order valence-electron chi connectivity index (χ0n) is 37.3. The molecular weight excluding hydrogens is 734 g/mol. The molecular formula is C41H83N7O9. The fraction of sp³-hybridized carbons (Fsp3) is 0.902. The fourth-order valence-electron chi connectivity index (χ4n) is 5.46. The van der Waals surface area contributed by atoms with Crippen LogP contribution in [0.4, 0.5) is 0 Å². The van der Waals surface area contributed by atoms with Gasteiger partial charge in [-0.05, 0) is 101 Å². The summed E-state index contributed by atoms with van der Waals surface area (Å²) in [6, 6.07) is 0. The molecule has 0 aliphatic heterocycles. The third-order valence-corrected chi connectivity index (χ3v) is 9.24. The molecule has 16 nitrogen and oxygen atoms in total. The minimum absolute atomic E-state index is 0.0218. The van der Waals surface area contributed by atoms with Crippen LogP contribution in [0.5, 0.6) is 0 Å². The quantitative estimate of drug-likeness (QED) is 0.0544. The first kappa shape index (κ1) is 54.6. The highest BCUT2D eigenvalue weighted by atomic mass is 16.5. The standard InChI is InChI=1S/C41H83N7O9/c1-42(2)25-29-47(30-26-43(3)4)23-18-40(52)56-36-13-9-11-34-54-38(50)16-21-46(20-15-33-49)22-17-39(51)55-35-12-10-14-37-57-41(53)19-24-48(31-27-44(5)6)32-28-45(7)8/h49H,9-37H2,1-8H3. The molecule has 0 atom stereocenters. The van der Waals surface area contributed by atoms with E-state index in [1.807, 2.05) is 61.3 Å². The van der Waals surface area contributed by atoms with Crippen LogP contribution in [0, 0.1) is 0 Å². The van der Waals surface area contributed by atoms with Crippen molar-refractivity contribution in [3.63, 3.8) is 0 Å². The highest BCUT2D eigenvalue weighted by molar-refractivity contribution is 5.70. The lowest BCUT2D eigenvalue weighted by Crippen LogP contribution is -2.37. The van der Waals surface area contributed by atoms with Gasteiger partial charge in [-0.15, -0.1) is 0 Å². The molecule has 0 spiro atoms. The summed E-state index contributed by atoms with van der Waals surface area (Å²) in [6.45, 7) is 11.5. The third kappa shape index (κ3) is 37.6. The second-order valence-corrected chi connectivity index (χ2v) is 15.8. The molecule has 0 aromatic rings. The van der Waals surface area contributed by atoms with Gasteiger partial charge in [-0.2, -0.15) is 0 Å². The second-order valence-electron chi connectivity index (χ2n) is 15.8. The van der Waals surface area contributed by atoms with E-state index in [-0.39, 0.29) is 43.3 Å². The molecule has 0 radical (unpaired) electrons. The van der Waals surface area contributed by atoms with E-state index in [9.17, 15) is 24.3 Å². The van der Waals surface area contributed by atoms with Crippen LogP contribution in [0.3, 0.4) is 0 Å². The molecule has 1 N–H and O–H groups in total. The Kier molecular flexibility index (Phi) is 35.1. The molecule has 0 saturated heterocycles. The number of carbonyl (C=O) groups excluding carboxylic acids is 4. The van der Waals surface area contributed by atoms with Gasteiger partial charge in [0.05, 0.1) is 52.1 Å². The van der Waals surface area contributed by atoms with Crippen molar-refractivity contribution in [3.05, 3.63) is 0 Å². The van der Waals surface area contributed by atoms with Gasteiger partial charge in [0.25, 0.3) is 0 Å². The van der Waals surface area contributed by atoms with E-state index in [1.54, 1.807) is 0 Å². The molecule has 0 aromatic carbocycles. The summed E-state index contributed by atoms with van der Waals surface area (Å²) in [7, 11) is 16.4. The lowest BCUT2D eigenvalue weighted by atomic mass is 10.2. The maximum atomic E-state index is 12.4. The smallest absolute Gasteiger partial charge is 0.307 e. The number of hydrogen-bond acceptors (Lipinski definition) is 16. The number of aliphatic hydroxyl groups is 1. The number of aliphatic hydroxyl groups excluding tert-OH is 1. The van der Waals surface area contributed by atoms with Gasteiger partial charge >= 0.3 is 23.9 Å². The SMILES string of the molecule is CN(C)CCN(CCC(=O)OCCCCCOC(=O)CCN(CCCO)CCC(=O)OCCCCCOC(=O)CCN(CCN(C)C)CCN(C)C)CCN(C)C. The van der Waals surface area contributed by atoms with Gasteiger partial charge in [-0.25, -0.2) is 0 Å². The molecule has 336 valence electrons. The lowest BCUT2D eigenvalue weighted by molar-refractivity contribution is -0.145. The van der Waals surface area contributed by atoms with Gasteiger partial charge in [-0.3, -0.25) is 19.2 Å². The van der Waals surface area contributed by atoms with Crippen LogP contribution in [0.25, 0.3) is 0 Å². The van der Waals surface area contributed by atoms with Crippen LogP contribution < -0.4 is 0 Å². The van der Waals surface area contributed by atoms with Crippen molar-refractivity contribution >= 4 is 23.9 Å². The number of esters is 4. The van der Waals surface area contributed by atoms with Crippen molar-refractivity contribution in [1.82, 2.24) is 34.3 Å². The summed E-state index contributed by atoms with van der Waals surface area (Å²) in [5.74, 6) is -0.989. The lowest BCUT2D eigenvalue weighted by Gasteiger charge is -2.25. The zero-order chi connectivity index (χ0) is 42.7. The number of likely N-dealkylation sites (N-methyl/N-ethyl adjacent to an activating group) is 4. The first-order chi connectivity index (χ1) is 27.2. The van der Waals surface area contributed by atoms with E-state index < -0.39 is 0 Å². The molecule has 0 aliphatic carbocycles. The van der Waals surface area contributed by atoms with Gasteiger partial charge in [0.2, 0.25) is 0 Å². The van der Waals surface area contributed by atoms with Gasteiger partial charge in [0.15, 0.2) is 0 Å². The maximum Gasteiger partial charge on any atom is 0.307 e. The predicted octanol–water partition coefficient (Wildman–Crippen LogP) is 1.60. The highest BCUT2D eigenvalue weighted by Gasteiger charge is 2.14. The summed E-state index contributed by atoms with van der Waals surface area (Å²) in [5.41, 5.74) is 0. The number of hydrogen-bond donors (Lipinski definition) is 1. The van der Waals surface area contributed by atoms with E-state index in [4.69, 9.17) is 18.9 Å². The Hall–Kier alpha value is -2.44. The normalized spacial score (nSPS) is 11.9. The van der Waals surface area contributed by atoms with E-state index in [0.717, 1.165) is 65.2 Å². The monoisotopic (exact) mass is 818 g/mol. The van der Waals surface area contributed by atoms with Crippen molar-refractivity contribution in [1.29, 1.82) is 0 Å². The van der Waals surface area contributed by atoms with Crippen molar-refractivity contribution in [3.8, 4) is 0 Å². The molecule has 0 aliphatic rings. The van der Waals surface area contributed by atoms with E-state index >= 15 is 0 Å².